The van der Waals surface area contributed by atoms with E-state index in [4.69, 9.17) is 9.47 Å². The Morgan fingerprint density at radius 2 is 1.43 bits per heavy atom. The molecule has 0 spiro atoms. The molecule has 4 bridgehead atoms. The highest BCUT2D eigenvalue weighted by Gasteiger charge is 2.15. The lowest BCUT2D eigenvalue weighted by Gasteiger charge is -2.17. The van der Waals surface area contributed by atoms with Gasteiger partial charge in [-0.3, -0.25) is 0 Å². The van der Waals surface area contributed by atoms with Crippen molar-refractivity contribution in [3.63, 3.8) is 0 Å². The molecule has 0 radical (unpaired) electrons. The Morgan fingerprint density at radius 3 is 2.05 bits per heavy atom. The van der Waals surface area contributed by atoms with Crippen LogP contribution in [-0.4, -0.2) is 19.0 Å². The summed E-state index contributed by atoms with van der Waals surface area (Å²) in [6, 6.07) is 12.8. The van der Waals surface area contributed by atoms with Crippen molar-refractivity contribution in [1.29, 1.82) is 0 Å². The second kappa shape index (κ2) is 6.19. The molecule has 2 aromatic rings. The number of hydrogen-bond donors (Lipinski definition) is 1. The average Bonchev–Trinajstić information content (AvgIpc) is 2.50. The predicted molar refractivity (Wildman–Crippen MR) is 81.9 cm³/mol. The molecule has 0 heterocycles. The van der Waals surface area contributed by atoms with Crippen LogP contribution in [-0.2, 0) is 30.4 Å². The van der Waals surface area contributed by atoms with Crippen molar-refractivity contribution >= 4 is 0 Å². The Hall–Kier alpha value is -2.00. The van der Waals surface area contributed by atoms with Gasteiger partial charge in [0.2, 0.25) is 0 Å². The zero-order valence-corrected chi connectivity index (χ0v) is 12.3. The summed E-state index contributed by atoms with van der Waals surface area (Å²) < 4.78 is 10.6. The van der Waals surface area contributed by atoms with Crippen LogP contribution in [0.2, 0.25) is 0 Å². The third kappa shape index (κ3) is 3.03. The monoisotopic (exact) mass is 284 g/mol. The number of hydrogen-bond acceptors (Lipinski definition) is 3. The van der Waals surface area contributed by atoms with Gasteiger partial charge in [0.25, 0.3) is 0 Å². The highest BCUT2D eigenvalue weighted by Crippen LogP contribution is 2.36. The first-order valence-corrected chi connectivity index (χ1v) is 7.31. The third-order valence-corrected chi connectivity index (χ3v) is 4.01. The van der Waals surface area contributed by atoms with Crippen molar-refractivity contribution in [3.8, 4) is 11.5 Å². The van der Waals surface area contributed by atoms with Crippen LogP contribution in [0, 0.1) is 0 Å². The number of phenolic OH excluding ortho intramolecular Hbond substituents is 1. The number of benzene rings is 2. The largest absolute Gasteiger partial charge is 0.504 e. The van der Waals surface area contributed by atoms with Crippen LogP contribution in [0.4, 0.5) is 0 Å². The van der Waals surface area contributed by atoms with Crippen molar-refractivity contribution in [3.05, 3.63) is 58.7 Å². The topological polar surface area (TPSA) is 38.7 Å². The normalized spacial score (nSPS) is 13.8. The minimum absolute atomic E-state index is 0.151. The van der Waals surface area contributed by atoms with Crippen molar-refractivity contribution < 1.29 is 14.6 Å². The van der Waals surface area contributed by atoms with Crippen LogP contribution in [0.15, 0.2) is 36.4 Å². The summed E-state index contributed by atoms with van der Waals surface area (Å²) in [5.41, 5.74) is 4.55. The van der Waals surface area contributed by atoms with Gasteiger partial charge in [0.05, 0.1) is 0 Å². The molecule has 1 N–H and O–H groups in total. The van der Waals surface area contributed by atoms with Crippen molar-refractivity contribution in [2.45, 2.75) is 25.7 Å². The molecule has 3 nitrogen and oxygen atoms in total. The van der Waals surface area contributed by atoms with E-state index in [0.717, 1.165) is 36.8 Å². The van der Waals surface area contributed by atoms with Gasteiger partial charge in [-0.1, -0.05) is 36.4 Å². The molecule has 21 heavy (non-hydrogen) atoms. The Bertz CT molecular complexity index is 617. The fraction of sp³-hybridized carbons (Fsp3) is 0.333. The molecule has 0 fully saturated rings. The van der Waals surface area contributed by atoms with Crippen molar-refractivity contribution in [2.75, 3.05) is 13.9 Å². The van der Waals surface area contributed by atoms with E-state index in [2.05, 4.69) is 30.3 Å². The zero-order valence-electron chi connectivity index (χ0n) is 12.3. The Kier molecular flexibility index (Phi) is 4.11. The summed E-state index contributed by atoms with van der Waals surface area (Å²) in [4.78, 5) is 0. The Labute approximate surface area is 125 Å². The number of rotatable bonds is 3. The Morgan fingerprint density at radius 1 is 0.857 bits per heavy atom. The molecular formula is C18H20O3. The molecule has 4 aliphatic rings. The van der Waals surface area contributed by atoms with Crippen LogP contribution in [0.3, 0.4) is 0 Å². The number of aromatic hydroxyl groups is 1. The van der Waals surface area contributed by atoms with Gasteiger partial charge in [-0.25, -0.2) is 0 Å². The standard InChI is InChI=1S/C18H20O3/c1-20-12-21-18-16-9-7-14-4-2-13(3-5-14)6-8-15(10-11-16)17(18)19/h2-5,10-11,19H,6-9,12H2,1H3. The Balaban J connectivity index is 1.98. The maximum Gasteiger partial charge on any atom is 0.188 e. The van der Waals surface area contributed by atoms with E-state index < -0.39 is 0 Å². The van der Waals surface area contributed by atoms with Gasteiger partial charge >= 0.3 is 0 Å². The first kappa shape index (κ1) is 14.0. The number of phenols is 1. The summed E-state index contributed by atoms with van der Waals surface area (Å²) in [7, 11) is 1.58. The van der Waals surface area contributed by atoms with Gasteiger partial charge in [-0.15, -0.1) is 0 Å². The van der Waals surface area contributed by atoms with Gasteiger partial charge in [0.1, 0.15) is 0 Å². The SMILES string of the molecule is COCOc1c2ccc(c1O)CCc1ccc(cc1)CC2. The molecular weight excluding hydrogens is 264 g/mol. The molecule has 0 atom stereocenters. The highest BCUT2D eigenvalue weighted by atomic mass is 16.7. The molecule has 110 valence electrons. The van der Waals surface area contributed by atoms with Gasteiger partial charge in [0.15, 0.2) is 18.3 Å². The fourth-order valence-corrected chi connectivity index (χ4v) is 2.76. The van der Waals surface area contributed by atoms with Crippen LogP contribution in [0.25, 0.3) is 0 Å². The summed E-state index contributed by atoms with van der Waals surface area (Å²) in [5, 5.41) is 10.5. The maximum atomic E-state index is 10.5. The van der Waals surface area contributed by atoms with Crippen molar-refractivity contribution in [2.24, 2.45) is 0 Å². The van der Waals surface area contributed by atoms with Crippen LogP contribution in [0.5, 0.6) is 11.5 Å². The predicted octanol–water partition coefficient (Wildman–Crippen LogP) is 3.26. The number of methoxy groups -OCH3 is 1. The minimum atomic E-state index is 0.151. The van der Waals surface area contributed by atoms with Crippen LogP contribution < -0.4 is 4.74 Å². The molecule has 6 rings (SSSR count). The lowest BCUT2D eigenvalue weighted by Crippen LogP contribution is -2.05. The highest BCUT2D eigenvalue weighted by molar-refractivity contribution is 5.51. The lowest BCUT2D eigenvalue weighted by atomic mass is 9.95. The summed E-state index contributed by atoms with van der Waals surface area (Å²) in [6.45, 7) is 0.151. The molecule has 0 unspecified atom stereocenters. The molecule has 0 saturated heterocycles. The minimum Gasteiger partial charge on any atom is -0.504 e. The second-order valence-corrected chi connectivity index (χ2v) is 5.43. The number of aryl methyl sites for hydroxylation is 4. The van der Waals surface area contributed by atoms with E-state index in [1.165, 1.54) is 11.1 Å². The zero-order chi connectivity index (χ0) is 14.7. The average molecular weight is 284 g/mol. The van der Waals surface area contributed by atoms with Gasteiger partial charge in [-0.2, -0.15) is 0 Å². The van der Waals surface area contributed by atoms with E-state index in [1.54, 1.807) is 7.11 Å². The van der Waals surface area contributed by atoms with E-state index >= 15 is 0 Å². The first-order chi connectivity index (χ1) is 10.3. The number of ether oxygens (including phenoxy) is 2. The van der Waals surface area contributed by atoms with Crippen molar-refractivity contribution in [1.82, 2.24) is 0 Å². The quantitative estimate of drug-likeness (QED) is 0.879. The van der Waals surface area contributed by atoms with E-state index in [9.17, 15) is 5.11 Å². The fourth-order valence-electron chi connectivity index (χ4n) is 2.76. The summed E-state index contributed by atoms with van der Waals surface area (Å²) in [5.74, 6) is 0.837. The molecule has 4 aliphatic carbocycles. The molecule has 0 aromatic heterocycles. The smallest absolute Gasteiger partial charge is 0.188 e. The molecule has 0 saturated carbocycles. The summed E-state index contributed by atoms with van der Waals surface area (Å²) in [6.07, 6.45) is 3.49. The molecule has 2 aromatic carbocycles. The van der Waals surface area contributed by atoms with E-state index in [0.29, 0.717) is 5.75 Å². The molecule has 3 heteroatoms. The van der Waals surface area contributed by atoms with Gasteiger partial charge in [0, 0.05) is 7.11 Å². The van der Waals surface area contributed by atoms with Gasteiger partial charge in [-0.05, 0) is 47.9 Å². The second-order valence-electron chi connectivity index (χ2n) is 5.43. The third-order valence-electron chi connectivity index (χ3n) is 4.01. The lowest BCUT2D eigenvalue weighted by molar-refractivity contribution is 0.0484. The summed E-state index contributed by atoms with van der Waals surface area (Å²) >= 11 is 0. The van der Waals surface area contributed by atoms with Crippen LogP contribution in [0.1, 0.15) is 22.3 Å². The van der Waals surface area contributed by atoms with E-state index in [-0.39, 0.29) is 12.5 Å². The maximum absolute atomic E-state index is 10.5. The molecule has 0 amide bonds. The molecule has 0 aliphatic heterocycles. The first-order valence-electron chi connectivity index (χ1n) is 7.31. The van der Waals surface area contributed by atoms with Crippen LogP contribution >= 0.6 is 0 Å². The van der Waals surface area contributed by atoms with Gasteiger partial charge < -0.3 is 14.6 Å². The van der Waals surface area contributed by atoms with E-state index in [1.807, 2.05) is 6.07 Å².